The zero-order valence-electron chi connectivity index (χ0n) is 38.3. The predicted octanol–water partition coefficient (Wildman–Crippen LogP) is 18.6. The van der Waals surface area contributed by atoms with Gasteiger partial charge in [0.2, 0.25) is 0 Å². The number of hydrogen-bond acceptors (Lipinski definition) is 3. The Balaban J connectivity index is 1.00. The maximum Gasteiger partial charge on any atom is 0.0742 e. The smallest absolute Gasteiger partial charge is 0.0742 e. The molecule has 0 amide bonds. The molecular formula is C68H39NS2. The minimum absolute atomic E-state index is 0.485. The number of anilines is 3. The van der Waals surface area contributed by atoms with E-state index in [9.17, 15) is 0 Å². The van der Waals surface area contributed by atoms with Crippen molar-refractivity contribution in [3.05, 3.63) is 280 Å². The summed E-state index contributed by atoms with van der Waals surface area (Å²) in [6.45, 7) is 0. The first-order valence-electron chi connectivity index (χ1n) is 24.7. The van der Waals surface area contributed by atoms with E-state index in [4.69, 9.17) is 0 Å². The summed E-state index contributed by atoms with van der Waals surface area (Å²) in [6, 6.07) is 85.8. The molecule has 2 aromatic heterocycles. The van der Waals surface area contributed by atoms with Crippen molar-refractivity contribution < 1.29 is 0 Å². The molecule has 3 aliphatic carbocycles. The van der Waals surface area contributed by atoms with E-state index in [0.29, 0.717) is 0 Å². The van der Waals surface area contributed by atoms with Gasteiger partial charge in [0.15, 0.2) is 0 Å². The molecule has 11 aromatic carbocycles. The largest absolute Gasteiger partial charge is 0.308 e. The van der Waals surface area contributed by atoms with E-state index in [0.717, 1.165) is 0 Å². The summed E-state index contributed by atoms with van der Waals surface area (Å²) >= 11 is 3.88. The fraction of sp³-hybridized carbons (Fsp3) is 0.0294. The van der Waals surface area contributed by atoms with Gasteiger partial charge in [-0.05, 0) is 113 Å². The maximum absolute atomic E-state index is 2.62. The van der Waals surface area contributed by atoms with Gasteiger partial charge >= 0.3 is 0 Å². The van der Waals surface area contributed by atoms with Crippen molar-refractivity contribution in [1.29, 1.82) is 0 Å². The highest BCUT2D eigenvalue weighted by Gasteiger charge is 2.51. The number of para-hydroxylation sites is 1. The van der Waals surface area contributed by atoms with Gasteiger partial charge in [0.1, 0.15) is 0 Å². The molecule has 71 heavy (non-hydrogen) atoms. The van der Waals surface area contributed by atoms with Gasteiger partial charge in [-0.3, -0.25) is 0 Å². The van der Waals surface area contributed by atoms with Crippen molar-refractivity contribution in [2.75, 3.05) is 4.90 Å². The fourth-order valence-electron chi connectivity index (χ4n) is 14.0. The van der Waals surface area contributed by atoms with E-state index >= 15 is 0 Å². The van der Waals surface area contributed by atoms with Gasteiger partial charge in [0.25, 0.3) is 0 Å². The Bertz CT molecular complexity index is 4430. The zero-order valence-corrected chi connectivity index (χ0v) is 39.9. The van der Waals surface area contributed by atoms with Crippen molar-refractivity contribution >= 4 is 103 Å². The minimum atomic E-state index is -0.597. The lowest BCUT2D eigenvalue weighted by atomic mass is 9.61. The molecule has 0 fully saturated rings. The molecule has 17 rings (SSSR count). The second-order valence-corrected chi connectivity index (χ2v) is 21.9. The third kappa shape index (κ3) is 4.63. The van der Waals surface area contributed by atoms with E-state index in [1.54, 1.807) is 0 Å². The molecule has 1 nitrogen and oxygen atoms in total. The highest BCUT2D eigenvalue weighted by atomic mass is 32.1. The van der Waals surface area contributed by atoms with E-state index in [1.165, 1.54) is 146 Å². The van der Waals surface area contributed by atoms with Gasteiger partial charge in [0, 0.05) is 41.2 Å². The predicted molar refractivity (Wildman–Crippen MR) is 302 cm³/mol. The van der Waals surface area contributed by atoms with Gasteiger partial charge in [-0.15, -0.1) is 22.7 Å². The number of fused-ring (bicyclic) bond motifs is 18. The number of nitrogens with zero attached hydrogens (tertiary/aromatic N) is 1. The Morgan fingerprint density at radius 2 is 0.915 bits per heavy atom. The molecule has 0 saturated carbocycles. The Hall–Kier alpha value is -8.34. The third-order valence-corrected chi connectivity index (χ3v) is 19.1. The van der Waals surface area contributed by atoms with Crippen LogP contribution in [0, 0.1) is 0 Å². The average molecular weight is 934 g/mol. The number of rotatable bonds is 3. The number of hydrogen-bond donors (Lipinski definition) is 0. The molecule has 0 bridgehead atoms. The van der Waals surface area contributed by atoms with Crippen LogP contribution in [-0.2, 0) is 10.8 Å². The molecule has 3 heterocycles. The highest BCUT2D eigenvalue weighted by Crippen LogP contribution is 2.65. The SMILES string of the molecule is C1=Cc2ccc3c4c(ccc1c24)-c1c(ccc2c1sc1c(N4c5ccccc5C(c5ccccc5)(c5ccccc5)c5cc6c(cc54)sc4ccccc46)cccc12)C31c2ccccc2-c2ccccc21. The monoisotopic (exact) mass is 933 g/mol. The van der Waals surface area contributed by atoms with Crippen LogP contribution < -0.4 is 4.90 Å². The molecule has 0 radical (unpaired) electrons. The molecule has 13 aromatic rings. The normalized spacial score (nSPS) is 14.9. The van der Waals surface area contributed by atoms with Crippen LogP contribution in [0.3, 0.4) is 0 Å². The Labute approximate surface area is 418 Å². The molecule has 1 aliphatic heterocycles. The molecule has 0 atom stereocenters. The van der Waals surface area contributed by atoms with Crippen molar-refractivity contribution in [3.63, 3.8) is 0 Å². The average Bonchev–Trinajstić information content (AvgIpc) is 4.22. The first-order chi connectivity index (χ1) is 35.2. The van der Waals surface area contributed by atoms with Crippen molar-refractivity contribution in [2.45, 2.75) is 10.8 Å². The lowest BCUT2D eigenvalue weighted by molar-refractivity contribution is 0.733. The molecular weight excluding hydrogens is 895 g/mol. The van der Waals surface area contributed by atoms with E-state index in [1.807, 2.05) is 22.7 Å². The van der Waals surface area contributed by atoms with Gasteiger partial charge in [0.05, 0.1) is 32.6 Å². The van der Waals surface area contributed by atoms with Crippen LogP contribution in [0.15, 0.2) is 224 Å². The highest BCUT2D eigenvalue weighted by molar-refractivity contribution is 7.27. The van der Waals surface area contributed by atoms with Crippen molar-refractivity contribution in [2.24, 2.45) is 0 Å². The van der Waals surface area contributed by atoms with Gasteiger partial charge in [-0.2, -0.15) is 0 Å². The second-order valence-electron chi connectivity index (χ2n) is 19.7. The Morgan fingerprint density at radius 1 is 0.310 bits per heavy atom. The molecule has 0 unspecified atom stereocenters. The molecule has 328 valence electrons. The maximum atomic E-state index is 2.62. The summed E-state index contributed by atoms with van der Waals surface area (Å²) < 4.78 is 5.24. The summed E-state index contributed by atoms with van der Waals surface area (Å²) in [7, 11) is 0. The van der Waals surface area contributed by atoms with Crippen molar-refractivity contribution in [3.8, 4) is 22.3 Å². The van der Waals surface area contributed by atoms with Crippen LogP contribution >= 0.6 is 22.7 Å². The minimum Gasteiger partial charge on any atom is -0.308 e. The topological polar surface area (TPSA) is 3.24 Å². The summed E-state index contributed by atoms with van der Waals surface area (Å²) in [4.78, 5) is 2.62. The van der Waals surface area contributed by atoms with Crippen LogP contribution in [0.1, 0.15) is 55.6 Å². The fourth-order valence-corrected chi connectivity index (χ4v) is 16.5. The molecule has 0 saturated heterocycles. The van der Waals surface area contributed by atoms with Crippen LogP contribution in [0.5, 0.6) is 0 Å². The standard InChI is InChI=1S/C68H39NS2/c1-3-16-42(17-4-1)67(43-18-5-2-6-19-43)53-26-12-13-27-57(53)69(59-39-61-50(38-56(59)67)46-22-9-14-29-60(46)70-61)58-28-15-23-47-48-35-37-55-64(66(48)71-65(47)58)49-34-32-40-30-31-41-33-36-54(63(49)62(40)41)68(55)51-24-10-7-20-44(51)45-21-8-11-25-52(45)68/h1-39H. The zero-order chi connectivity index (χ0) is 46.2. The molecule has 1 spiro atoms. The quantitative estimate of drug-likeness (QED) is 0.171. The van der Waals surface area contributed by atoms with E-state index in [2.05, 4.69) is 242 Å². The van der Waals surface area contributed by atoms with Crippen LogP contribution in [0.25, 0.3) is 85.5 Å². The van der Waals surface area contributed by atoms with E-state index in [-0.39, 0.29) is 0 Å². The van der Waals surface area contributed by atoms with E-state index < -0.39 is 10.8 Å². The second kappa shape index (κ2) is 13.7. The Morgan fingerprint density at radius 3 is 1.68 bits per heavy atom. The summed E-state index contributed by atoms with van der Waals surface area (Å²) in [6.07, 6.45) is 4.63. The van der Waals surface area contributed by atoms with Gasteiger partial charge in [-0.25, -0.2) is 0 Å². The first-order valence-corrected chi connectivity index (χ1v) is 26.3. The first kappa shape index (κ1) is 38.5. The molecule has 4 aliphatic rings. The summed E-state index contributed by atoms with van der Waals surface area (Å²) in [5.74, 6) is 0. The third-order valence-electron chi connectivity index (χ3n) is 16.7. The van der Waals surface area contributed by atoms with Crippen LogP contribution in [0.4, 0.5) is 17.1 Å². The lowest BCUT2D eigenvalue weighted by Crippen LogP contribution is -2.37. The lowest BCUT2D eigenvalue weighted by Gasteiger charge is -2.46. The summed E-state index contributed by atoms with van der Waals surface area (Å²) in [5, 5.41) is 7.96. The number of thiophene rings is 2. The summed E-state index contributed by atoms with van der Waals surface area (Å²) in [5.41, 5.74) is 21.1. The van der Waals surface area contributed by atoms with Crippen LogP contribution in [0.2, 0.25) is 0 Å². The molecule has 3 heteroatoms. The van der Waals surface area contributed by atoms with Crippen molar-refractivity contribution in [1.82, 2.24) is 0 Å². The number of benzene rings is 11. The molecule has 0 N–H and O–H groups in total. The van der Waals surface area contributed by atoms with Gasteiger partial charge in [-0.1, -0.05) is 206 Å². The van der Waals surface area contributed by atoms with Gasteiger partial charge < -0.3 is 4.90 Å². The Kier molecular flexibility index (Phi) is 7.43. The van der Waals surface area contributed by atoms with Crippen LogP contribution in [-0.4, -0.2) is 0 Å².